The summed E-state index contributed by atoms with van der Waals surface area (Å²) in [4.78, 5) is 24.0. The van der Waals surface area contributed by atoms with Crippen LogP contribution >= 0.6 is 0 Å². The van der Waals surface area contributed by atoms with Gasteiger partial charge in [0, 0.05) is 6.42 Å². The largest absolute Gasteiger partial charge is 0.497 e. The molecule has 25 heavy (non-hydrogen) atoms. The molecule has 132 valence electrons. The minimum atomic E-state index is -0.429. The van der Waals surface area contributed by atoms with E-state index < -0.39 is 6.04 Å². The van der Waals surface area contributed by atoms with Crippen molar-refractivity contribution in [3.05, 3.63) is 65.7 Å². The number of hydrogen-bond donors (Lipinski definition) is 1. The minimum Gasteiger partial charge on any atom is -0.497 e. The fourth-order valence-electron chi connectivity index (χ4n) is 2.51. The molecule has 2 rings (SSSR count). The summed E-state index contributed by atoms with van der Waals surface area (Å²) in [5, 5.41) is 2.93. The molecule has 2 aromatic carbocycles. The molecule has 0 spiro atoms. The van der Waals surface area contributed by atoms with Crippen molar-refractivity contribution in [2.75, 3.05) is 14.2 Å². The molecular weight excluding hydrogens is 318 g/mol. The van der Waals surface area contributed by atoms with E-state index in [2.05, 4.69) is 5.32 Å². The van der Waals surface area contributed by atoms with Crippen molar-refractivity contribution in [1.29, 1.82) is 0 Å². The van der Waals surface area contributed by atoms with Crippen molar-refractivity contribution in [3.8, 4) is 5.75 Å². The fourth-order valence-corrected chi connectivity index (χ4v) is 2.51. The van der Waals surface area contributed by atoms with Crippen molar-refractivity contribution in [3.63, 3.8) is 0 Å². The Morgan fingerprint density at radius 2 is 1.68 bits per heavy atom. The molecule has 0 aliphatic carbocycles. The summed E-state index contributed by atoms with van der Waals surface area (Å²) in [5.74, 6) is 0.244. The Morgan fingerprint density at radius 3 is 2.28 bits per heavy atom. The maximum atomic E-state index is 12.3. The van der Waals surface area contributed by atoms with Crippen molar-refractivity contribution in [2.24, 2.45) is 0 Å². The highest BCUT2D eigenvalue weighted by Gasteiger charge is 2.19. The third-order valence-corrected chi connectivity index (χ3v) is 3.94. The van der Waals surface area contributed by atoms with E-state index in [9.17, 15) is 9.59 Å². The summed E-state index contributed by atoms with van der Waals surface area (Å²) in [6.07, 6.45) is 1.10. The van der Waals surface area contributed by atoms with Gasteiger partial charge in [0.15, 0.2) is 0 Å². The number of nitrogens with one attached hydrogen (secondary N) is 1. The number of methoxy groups -OCH3 is 2. The number of rotatable bonds is 8. The van der Waals surface area contributed by atoms with Gasteiger partial charge in [0.25, 0.3) is 0 Å². The normalized spacial score (nSPS) is 11.4. The molecule has 0 saturated carbocycles. The zero-order chi connectivity index (χ0) is 18.1. The van der Waals surface area contributed by atoms with Crippen LogP contribution in [0.3, 0.4) is 0 Å². The van der Waals surface area contributed by atoms with Gasteiger partial charge in [-0.3, -0.25) is 9.59 Å². The first-order chi connectivity index (χ1) is 12.1. The quantitative estimate of drug-likeness (QED) is 0.750. The first kappa shape index (κ1) is 18.5. The predicted molar refractivity (Wildman–Crippen MR) is 95.3 cm³/mol. The van der Waals surface area contributed by atoms with Crippen LogP contribution in [0.2, 0.25) is 0 Å². The van der Waals surface area contributed by atoms with E-state index in [1.165, 1.54) is 7.11 Å². The third kappa shape index (κ3) is 5.95. The Balaban J connectivity index is 2.01. The highest BCUT2D eigenvalue weighted by Crippen LogP contribution is 2.21. The average molecular weight is 341 g/mol. The van der Waals surface area contributed by atoms with Crippen molar-refractivity contribution >= 4 is 11.9 Å². The Bertz CT molecular complexity index is 683. The summed E-state index contributed by atoms with van der Waals surface area (Å²) in [7, 11) is 2.93. The van der Waals surface area contributed by atoms with Crippen LogP contribution in [0.5, 0.6) is 5.75 Å². The summed E-state index contributed by atoms with van der Waals surface area (Å²) in [5.41, 5.74) is 1.94. The second kappa shape index (κ2) is 9.47. The number of amides is 1. The molecule has 0 bridgehead atoms. The van der Waals surface area contributed by atoms with Crippen molar-refractivity contribution in [1.82, 2.24) is 5.32 Å². The van der Waals surface area contributed by atoms with E-state index in [0.717, 1.165) is 16.9 Å². The van der Waals surface area contributed by atoms with Crippen LogP contribution in [0.15, 0.2) is 54.6 Å². The number of aryl methyl sites for hydroxylation is 1. The molecule has 1 amide bonds. The molecule has 0 radical (unpaired) electrons. The summed E-state index contributed by atoms with van der Waals surface area (Å²) < 4.78 is 9.88. The van der Waals surface area contributed by atoms with E-state index in [1.807, 2.05) is 42.5 Å². The number of ether oxygens (including phenoxy) is 2. The Hall–Kier alpha value is -2.82. The standard InChI is InChI=1S/C20H23NO4/c1-24-17-11-9-16(10-12-17)18(14-20(23)25-2)21-19(22)13-8-15-6-4-3-5-7-15/h3-7,9-12,18H,8,13-14H2,1-2H3,(H,21,22). The Labute approximate surface area is 148 Å². The zero-order valence-electron chi connectivity index (χ0n) is 14.5. The molecule has 0 aliphatic rings. The highest BCUT2D eigenvalue weighted by molar-refractivity contribution is 5.78. The lowest BCUT2D eigenvalue weighted by atomic mass is 10.0. The maximum absolute atomic E-state index is 12.3. The van der Waals surface area contributed by atoms with E-state index in [4.69, 9.17) is 9.47 Å². The molecule has 0 aromatic heterocycles. The number of benzene rings is 2. The van der Waals surface area contributed by atoms with E-state index in [1.54, 1.807) is 19.2 Å². The lowest BCUT2D eigenvalue weighted by Gasteiger charge is -2.18. The number of carbonyl (C=O) groups excluding carboxylic acids is 2. The SMILES string of the molecule is COC(=O)CC(NC(=O)CCc1ccccc1)c1ccc(OC)cc1. The van der Waals surface area contributed by atoms with Crippen LogP contribution in [0.1, 0.15) is 30.0 Å². The van der Waals surface area contributed by atoms with Gasteiger partial charge >= 0.3 is 5.97 Å². The molecule has 2 aromatic rings. The molecule has 1 N–H and O–H groups in total. The lowest BCUT2D eigenvalue weighted by Crippen LogP contribution is -2.30. The Kier molecular flexibility index (Phi) is 7.01. The van der Waals surface area contributed by atoms with Gasteiger partial charge in [0.2, 0.25) is 5.91 Å². The molecular formula is C20H23NO4. The van der Waals surface area contributed by atoms with Crippen LogP contribution in [-0.4, -0.2) is 26.1 Å². The Morgan fingerprint density at radius 1 is 1.00 bits per heavy atom. The van der Waals surface area contributed by atoms with Crippen LogP contribution in [-0.2, 0) is 20.7 Å². The minimum absolute atomic E-state index is 0.0832. The van der Waals surface area contributed by atoms with E-state index >= 15 is 0 Å². The first-order valence-electron chi connectivity index (χ1n) is 8.16. The smallest absolute Gasteiger partial charge is 0.307 e. The van der Waals surface area contributed by atoms with Gasteiger partial charge in [0.1, 0.15) is 5.75 Å². The zero-order valence-corrected chi connectivity index (χ0v) is 14.5. The van der Waals surface area contributed by atoms with Gasteiger partial charge in [-0.15, -0.1) is 0 Å². The van der Waals surface area contributed by atoms with Crippen LogP contribution < -0.4 is 10.1 Å². The molecule has 0 heterocycles. The average Bonchev–Trinajstić information content (AvgIpc) is 2.66. The van der Waals surface area contributed by atoms with Gasteiger partial charge < -0.3 is 14.8 Å². The van der Waals surface area contributed by atoms with Crippen LogP contribution in [0.4, 0.5) is 0 Å². The molecule has 5 heteroatoms. The van der Waals surface area contributed by atoms with E-state index in [0.29, 0.717) is 12.8 Å². The topological polar surface area (TPSA) is 64.6 Å². The first-order valence-corrected chi connectivity index (χ1v) is 8.16. The van der Waals surface area contributed by atoms with Crippen LogP contribution in [0.25, 0.3) is 0 Å². The predicted octanol–water partition coefficient (Wildman–Crippen LogP) is 3.05. The monoisotopic (exact) mass is 341 g/mol. The van der Waals surface area contributed by atoms with Gasteiger partial charge in [-0.25, -0.2) is 0 Å². The number of esters is 1. The van der Waals surface area contributed by atoms with Gasteiger partial charge in [-0.05, 0) is 29.7 Å². The molecule has 0 saturated heterocycles. The second-order valence-electron chi connectivity index (χ2n) is 5.66. The highest BCUT2D eigenvalue weighted by atomic mass is 16.5. The fraction of sp³-hybridized carbons (Fsp3) is 0.300. The van der Waals surface area contributed by atoms with Crippen molar-refractivity contribution in [2.45, 2.75) is 25.3 Å². The second-order valence-corrected chi connectivity index (χ2v) is 5.66. The van der Waals surface area contributed by atoms with E-state index in [-0.39, 0.29) is 18.3 Å². The summed E-state index contributed by atoms with van der Waals surface area (Å²) in [6.45, 7) is 0. The number of hydrogen-bond acceptors (Lipinski definition) is 4. The van der Waals surface area contributed by atoms with Gasteiger partial charge in [-0.2, -0.15) is 0 Å². The molecule has 1 unspecified atom stereocenters. The van der Waals surface area contributed by atoms with Gasteiger partial charge in [-0.1, -0.05) is 42.5 Å². The van der Waals surface area contributed by atoms with Crippen LogP contribution in [0, 0.1) is 0 Å². The molecule has 0 fully saturated rings. The van der Waals surface area contributed by atoms with Crippen molar-refractivity contribution < 1.29 is 19.1 Å². The summed E-state index contributed by atoms with van der Waals surface area (Å²) in [6, 6.07) is 16.7. The molecule has 0 aliphatic heterocycles. The molecule has 1 atom stereocenters. The van der Waals surface area contributed by atoms with Gasteiger partial charge in [0.05, 0.1) is 26.7 Å². The third-order valence-electron chi connectivity index (χ3n) is 3.94. The maximum Gasteiger partial charge on any atom is 0.307 e. The summed E-state index contributed by atoms with van der Waals surface area (Å²) >= 11 is 0. The number of carbonyl (C=O) groups is 2. The molecule has 5 nitrogen and oxygen atoms in total. The lowest BCUT2D eigenvalue weighted by molar-refractivity contribution is -0.141.